The molecule has 0 aromatic carbocycles. The molecule has 0 aliphatic rings. The van der Waals surface area contributed by atoms with Crippen LogP contribution in [-0.2, 0) is 32.7 Å². The van der Waals surface area contributed by atoms with E-state index in [4.69, 9.17) is 29.4 Å². The summed E-state index contributed by atoms with van der Waals surface area (Å²) in [6.45, 7) is 3.88. The van der Waals surface area contributed by atoms with Crippen molar-refractivity contribution in [2.45, 2.75) is 231 Å². The third-order valence-electron chi connectivity index (χ3n) is 10.2. The molecule has 0 radical (unpaired) electrons. The van der Waals surface area contributed by atoms with Crippen molar-refractivity contribution in [1.82, 2.24) is 0 Å². The number of phosphoric ester groups is 1. The fourth-order valence-electron chi connectivity index (χ4n) is 6.58. The van der Waals surface area contributed by atoms with Crippen LogP contribution in [0.2, 0.25) is 0 Å². The van der Waals surface area contributed by atoms with Crippen LogP contribution >= 0.6 is 7.82 Å². The van der Waals surface area contributed by atoms with Crippen LogP contribution < -0.4 is 5.73 Å². The van der Waals surface area contributed by atoms with E-state index in [1.54, 1.807) is 0 Å². The highest BCUT2D eigenvalue weighted by Gasteiger charge is 2.27. The number of hydrogen-bond acceptors (Lipinski definition) is 8. The van der Waals surface area contributed by atoms with Crippen LogP contribution in [0.4, 0.5) is 0 Å². The van der Waals surface area contributed by atoms with E-state index in [9.17, 15) is 19.0 Å². The van der Waals surface area contributed by atoms with E-state index < -0.39 is 45.1 Å². The molecule has 0 aromatic rings. The van der Waals surface area contributed by atoms with Gasteiger partial charge in [-0.05, 0) is 44.9 Å². The predicted molar refractivity (Wildman–Crippen MR) is 235 cm³/mol. The highest BCUT2D eigenvalue weighted by atomic mass is 31.2. The number of allylic oxidation sites excluding steroid dienone is 4. The topological polar surface area (TPSA) is 155 Å². The number of aliphatic carboxylic acids is 1. The number of hydrogen-bond donors (Lipinski definition) is 3. The molecule has 57 heavy (non-hydrogen) atoms. The zero-order chi connectivity index (χ0) is 41.9. The van der Waals surface area contributed by atoms with E-state index in [0.717, 1.165) is 44.9 Å². The number of rotatable bonds is 45. The molecule has 0 bridgehead atoms. The Labute approximate surface area is 349 Å². The van der Waals surface area contributed by atoms with E-state index in [1.165, 1.54) is 148 Å². The highest BCUT2D eigenvalue weighted by Crippen LogP contribution is 2.43. The Kier molecular flexibility index (Phi) is 41.4. The molecular formula is C46H88NO9P. The van der Waals surface area contributed by atoms with Crippen molar-refractivity contribution in [2.75, 3.05) is 26.4 Å². The molecule has 0 spiro atoms. The van der Waals surface area contributed by atoms with Crippen LogP contribution in [0.1, 0.15) is 219 Å². The summed E-state index contributed by atoms with van der Waals surface area (Å²) < 4.78 is 33.4. The third-order valence-corrected chi connectivity index (χ3v) is 11.2. The van der Waals surface area contributed by atoms with Gasteiger partial charge in [0, 0.05) is 13.0 Å². The van der Waals surface area contributed by atoms with Gasteiger partial charge in [0.25, 0.3) is 0 Å². The van der Waals surface area contributed by atoms with Crippen molar-refractivity contribution in [3.8, 4) is 0 Å². The SMILES string of the molecule is CCCCCC/C=C\C/C=C\CCCCCCCCCCOCC(COP(=O)(O)OCC(N)C(=O)O)OC(=O)CCCCCCCCCCCCCCCCCC. The first-order valence-electron chi connectivity index (χ1n) is 23.4. The van der Waals surface area contributed by atoms with Crippen molar-refractivity contribution in [3.63, 3.8) is 0 Å². The summed E-state index contributed by atoms with van der Waals surface area (Å²) in [4.78, 5) is 33.6. The van der Waals surface area contributed by atoms with Gasteiger partial charge in [-0.2, -0.15) is 0 Å². The van der Waals surface area contributed by atoms with E-state index in [1.807, 2.05) is 0 Å². The van der Waals surface area contributed by atoms with Gasteiger partial charge in [0.05, 0.1) is 19.8 Å². The normalized spacial score (nSPS) is 14.0. The number of unbranched alkanes of at least 4 members (excludes halogenated alkanes) is 27. The number of ether oxygens (including phenoxy) is 2. The van der Waals surface area contributed by atoms with Crippen molar-refractivity contribution in [3.05, 3.63) is 24.3 Å². The van der Waals surface area contributed by atoms with Crippen LogP contribution in [0.25, 0.3) is 0 Å². The van der Waals surface area contributed by atoms with Crippen LogP contribution in [0, 0.1) is 0 Å². The van der Waals surface area contributed by atoms with Gasteiger partial charge >= 0.3 is 19.8 Å². The number of carboxylic acids is 1. The van der Waals surface area contributed by atoms with E-state index in [-0.39, 0.29) is 13.0 Å². The van der Waals surface area contributed by atoms with Gasteiger partial charge in [0.1, 0.15) is 12.1 Å². The Hall–Kier alpha value is -1.55. The first-order chi connectivity index (χ1) is 27.7. The predicted octanol–water partition coefficient (Wildman–Crippen LogP) is 13.1. The molecule has 10 nitrogen and oxygen atoms in total. The molecule has 0 aliphatic heterocycles. The summed E-state index contributed by atoms with van der Waals surface area (Å²) in [5.41, 5.74) is 5.36. The lowest BCUT2D eigenvalue weighted by Gasteiger charge is -2.20. The Morgan fingerprint density at radius 2 is 0.965 bits per heavy atom. The Balaban J connectivity index is 4.18. The average Bonchev–Trinajstić information content (AvgIpc) is 3.19. The van der Waals surface area contributed by atoms with Gasteiger partial charge in [-0.1, -0.05) is 192 Å². The van der Waals surface area contributed by atoms with Gasteiger partial charge in [0.2, 0.25) is 0 Å². The minimum Gasteiger partial charge on any atom is -0.480 e. The smallest absolute Gasteiger partial charge is 0.472 e. The quantitative estimate of drug-likeness (QED) is 0.0234. The molecule has 0 saturated heterocycles. The summed E-state index contributed by atoms with van der Waals surface area (Å²) in [6, 6.07) is -1.47. The summed E-state index contributed by atoms with van der Waals surface area (Å²) in [6.07, 6.45) is 46.5. The number of carbonyl (C=O) groups excluding carboxylic acids is 1. The maximum absolute atomic E-state index is 12.6. The molecule has 11 heteroatoms. The molecule has 4 N–H and O–H groups in total. The number of esters is 1. The molecule has 0 aliphatic carbocycles. The van der Waals surface area contributed by atoms with E-state index in [0.29, 0.717) is 13.0 Å². The highest BCUT2D eigenvalue weighted by molar-refractivity contribution is 7.47. The number of carbonyl (C=O) groups is 2. The Morgan fingerprint density at radius 3 is 1.44 bits per heavy atom. The minimum atomic E-state index is -4.62. The van der Waals surface area contributed by atoms with Gasteiger partial charge in [-0.3, -0.25) is 18.6 Å². The molecule has 3 atom stereocenters. The lowest BCUT2D eigenvalue weighted by molar-refractivity contribution is -0.154. The molecule has 0 heterocycles. The van der Waals surface area contributed by atoms with Gasteiger partial charge in [0.15, 0.2) is 0 Å². The Bertz CT molecular complexity index is 1010. The Morgan fingerprint density at radius 1 is 0.561 bits per heavy atom. The van der Waals surface area contributed by atoms with Crippen molar-refractivity contribution in [1.29, 1.82) is 0 Å². The van der Waals surface area contributed by atoms with Crippen LogP contribution in [0.15, 0.2) is 24.3 Å². The van der Waals surface area contributed by atoms with Crippen LogP contribution in [0.3, 0.4) is 0 Å². The second kappa shape index (κ2) is 42.6. The van der Waals surface area contributed by atoms with Gasteiger partial charge in [-0.15, -0.1) is 0 Å². The molecule has 0 aromatic heterocycles. The van der Waals surface area contributed by atoms with Crippen molar-refractivity contribution in [2.24, 2.45) is 5.73 Å². The van der Waals surface area contributed by atoms with Crippen LogP contribution in [-0.4, -0.2) is 60.5 Å². The molecule has 0 rings (SSSR count). The maximum Gasteiger partial charge on any atom is 0.472 e. The van der Waals surface area contributed by atoms with E-state index in [2.05, 4.69) is 38.2 Å². The molecule has 0 amide bonds. The van der Waals surface area contributed by atoms with Crippen molar-refractivity contribution >= 4 is 19.8 Å². The van der Waals surface area contributed by atoms with E-state index >= 15 is 0 Å². The van der Waals surface area contributed by atoms with Crippen LogP contribution in [0.5, 0.6) is 0 Å². The fraction of sp³-hybridized carbons (Fsp3) is 0.870. The first-order valence-corrected chi connectivity index (χ1v) is 24.9. The van der Waals surface area contributed by atoms with Crippen molar-refractivity contribution < 1.29 is 42.7 Å². The average molecular weight is 830 g/mol. The largest absolute Gasteiger partial charge is 0.480 e. The summed E-state index contributed by atoms with van der Waals surface area (Å²) in [5.74, 6) is -1.77. The number of phosphoric acid groups is 1. The fourth-order valence-corrected chi connectivity index (χ4v) is 7.35. The van der Waals surface area contributed by atoms with Gasteiger partial charge < -0.3 is 25.2 Å². The third kappa shape index (κ3) is 42.4. The zero-order valence-electron chi connectivity index (χ0n) is 36.7. The molecule has 336 valence electrons. The first kappa shape index (κ1) is 55.5. The lowest BCUT2D eigenvalue weighted by Crippen LogP contribution is -2.34. The maximum atomic E-state index is 12.6. The second-order valence-corrected chi connectivity index (χ2v) is 17.3. The standard InChI is InChI=1S/C46H88NO9P/c1-3-5-7-9-11-13-15-17-19-21-22-23-25-27-29-31-33-35-37-39-53-40-43(41-54-57(51,52)55-42-44(47)46(49)50)56-45(48)38-36-34-32-30-28-26-24-20-18-16-14-12-10-8-6-4-2/h13,15,19,21,43-44H,3-12,14,16-18,20,22-42,47H2,1-2H3,(H,49,50)(H,51,52)/b15-13-,21-19-. The summed E-state index contributed by atoms with van der Waals surface area (Å²) >= 11 is 0. The summed E-state index contributed by atoms with van der Waals surface area (Å²) in [5, 5.41) is 8.91. The second-order valence-electron chi connectivity index (χ2n) is 15.9. The molecule has 0 saturated carbocycles. The number of nitrogens with two attached hydrogens (primary N) is 1. The lowest BCUT2D eigenvalue weighted by atomic mass is 10.0. The molecular weight excluding hydrogens is 741 g/mol. The molecule has 3 unspecified atom stereocenters. The number of carboxylic acid groups (broad SMARTS) is 1. The summed E-state index contributed by atoms with van der Waals surface area (Å²) in [7, 11) is -4.62. The minimum absolute atomic E-state index is 0.0170. The zero-order valence-corrected chi connectivity index (χ0v) is 37.6. The molecule has 0 fully saturated rings. The monoisotopic (exact) mass is 830 g/mol. The van der Waals surface area contributed by atoms with Gasteiger partial charge in [-0.25, -0.2) is 4.57 Å².